The minimum Gasteiger partial charge on any atom is -0.383 e. The lowest BCUT2D eigenvalue weighted by Crippen LogP contribution is -2.49. The third-order valence-electron chi connectivity index (χ3n) is 4.92. The van der Waals surface area contributed by atoms with Gasteiger partial charge in [0.25, 0.3) is 5.56 Å². The third kappa shape index (κ3) is 5.55. The summed E-state index contributed by atoms with van der Waals surface area (Å²) >= 11 is 5.60. The molecule has 0 unspecified atom stereocenters. The zero-order valence-corrected chi connectivity index (χ0v) is 17.1. The SMILES string of the molecule is CCCCn1c(N)c(N(CCOC)C(=S)NC2CCCCC2)c(=O)[nH]c1=O. The maximum atomic E-state index is 12.6. The van der Waals surface area contributed by atoms with E-state index in [0.717, 1.165) is 25.7 Å². The van der Waals surface area contributed by atoms with Crippen LogP contribution in [0.5, 0.6) is 0 Å². The smallest absolute Gasteiger partial charge is 0.330 e. The summed E-state index contributed by atoms with van der Waals surface area (Å²) in [6.07, 6.45) is 7.40. The number of ether oxygens (including phenoxy) is 1. The van der Waals surface area contributed by atoms with Gasteiger partial charge in [0.1, 0.15) is 5.82 Å². The summed E-state index contributed by atoms with van der Waals surface area (Å²) in [6, 6.07) is 0.294. The van der Waals surface area contributed by atoms with Crippen molar-refractivity contribution >= 4 is 28.8 Å². The minimum atomic E-state index is -0.533. The number of thiocarbonyl (C=S) groups is 1. The molecule has 4 N–H and O–H groups in total. The average molecular weight is 398 g/mol. The van der Waals surface area contributed by atoms with Crippen molar-refractivity contribution in [3.05, 3.63) is 20.8 Å². The number of nitrogen functional groups attached to an aromatic ring is 1. The van der Waals surface area contributed by atoms with Gasteiger partial charge in [-0.1, -0.05) is 32.6 Å². The molecule has 1 aromatic heterocycles. The fourth-order valence-electron chi connectivity index (χ4n) is 3.37. The Morgan fingerprint density at radius 2 is 2.07 bits per heavy atom. The van der Waals surface area contributed by atoms with Gasteiger partial charge in [-0.2, -0.15) is 0 Å². The average Bonchev–Trinajstić information content (AvgIpc) is 2.64. The summed E-state index contributed by atoms with van der Waals surface area (Å²) in [7, 11) is 1.59. The first-order valence-corrected chi connectivity index (χ1v) is 10.1. The predicted molar refractivity (Wildman–Crippen MR) is 112 cm³/mol. The first kappa shape index (κ1) is 21.4. The Bertz CT molecular complexity index is 739. The van der Waals surface area contributed by atoms with Gasteiger partial charge in [-0.25, -0.2) is 4.79 Å². The Morgan fingerprint density at radius 1 is 1.37 bits per heavy atom. The largest absolute Gasteiger partial charge is 0.383 e. The second-order valence-electron chi connectivity index (χ2n) is 6.93. The summed E-state index contributed by atoms with van der Waals surface area (Å²) in [6.45, 7) is 3.22. The van der Waals surface area contributed by atoms with Gasteiger partial charge in [-0.15, -0.1) is 0 Å². The van der Waals surface area contributed by atoms with E-state index >= 15 is 0 Å². The lowest BCUT2D eigenvalue weighted by Gasteiger charge is -2.31. The molecule has 0 aromatic carbocycles. The van der Waals surface area contributed by atoms with E-state index in [1.807, 2.05) is 6.92 Å². The number of H-pyrrole nitrogens is 1. The van der Waals surface area contributed by atoms with Gasteiger partial charge in [0.15, 0.2) is 10.8 Å². The van der Waals surface area contributed by atoms with E-state index in [1.165, 1.54) is 23.8 Å². The van der Waals surface area contributed by atoms with E-state index in [0.29, 0.717) is 30.9 Å². The van der Waals surface area contributed by atoms with Crippen molar-refractivity contribution in [2.45, 2.75) is 64.5 Å². The molecule has 0 bridgehead atoms. The standard InChI is InChI=1S/C18H31N5O3S/c1-3-4-10-23-15(19)14(16(24)21-17(23)25)22(11-12-26-2)18(27)20-13-8-6-5-7-9-13/h13H,3-12,19H2,1-2H3,(H,20,27)(H,21,24,25). The molecule has 1 fully saturated rings. The molecule has 0 saturated heterocycles. The molecular formula is C18H31N5O3S. The van der Waals surface area contributed by atoms with Crippen LogP contribution in [0.1, 0.15) is 51.9 Å². The second kappa shape index (κ2) is 10.5. The molecule has 0 aliphatic heterocycles. The number of nitrogens with zero attached hydrogens (tertiary/aromatic N) is 2. The number of nitrogens with one attached hydrogen (secondary N) is 2. The maximum absolute atomic E-state index is 12.6. The number of rotatable bonds is 8. The van der Waals surface area contributed by atoms with E-state index in [-0.39, 0.29) is 11.5 Å². The van der Waals surface area contributed by atoms with E-state index in [4.69, 9.17) is 22.7 Å². The van der Waals surface area contributed by atoms with Crippen LogP contribution in [0.3, 0.4) is 0 Å². The molecule has 1 aliphatic carbocycles. The first-order chi connectivity index (χ1) is 13.0. The molecule has 152 valence electrons. The van der Waals surface area contributed by atoms with Gasteiger partial charge in [0.2, 0.25) is 0 Å². The summed E-state index contributed by atoms with van der Waals surface area (Å²) < 4.78 is 6.59. The van der Waals surface area contributed by atoms with Crippen molar-refractivity contribution in [3.63, 3.8) is 0 Å². The number of aromatic nitrogens is 2. The van der Waals surface area contributed by atoms with Crippen LogP contribution in [0.2, 0.25) is 0 Å². The Labute approximate surface area is 165 Å². The second-order valence-corrected chi connectivity index (χ2v) is 7.31. The van der Waals surface area contributed by atoms with Crippen molar-refractivity contribution in [2.24, 2.45) is 0 Å². The van der Waals surface area contributed by atoms with Crippen molar-refractivity contribution in [1.82, 2.24) is 14.9 Å². The zero-order chi connectivity index (χ0) is 19.8. The fourth-order valence-corrected chi connectivity index (χ4v) is 3.72. The van der Waals surface area contributed by atoms with E-state index < -0.39 is 11.2 Å². The number of nitrogens with two attached hydrogens (primary N) is 1. The van der Waals surface area contributed by atoms with Gasteiger partial charge >= 0.3 is 5.69 Å². The van der Waals surface area contributed by atoms with Crippen LogP contribution in [-0.2, 0) is 11.3 Å². The molecule has 8 nitrogen and oxygen atoms in total. The van der Waals surface area contributed by atoms with E-state index in [2.05, 4.69) is 10.3 Å². The summed E-state index contributed by atoms with van der Waals surface area (Å²) in [4.78, 5) is 28.8. The van der Waals surface area contributed by atoms with E-state index in [1.54, 1.807) is 12.0 Å². The van der Waals surface area contributed by atoms with Gasteiger partial charge in [0, 0.05) is 26.2 Å². The van der Waals surface area contributed by atoms with Crippen molar-refractivity contribution in [3.8, 4) is 0 Å². The van der Waals surface area contributed by atoms with Crippen LogP contribution in [0.15, 0.2) is 9.59 Å². The molecule has 27 heavy (non-hydrogen) atoms. The summed E-state index contributed by atoms with van der Waals surface area (Å²) in [5.41, 5.74) is 5.42. The highest BCUT2D eigenvalue weighted by Crippen LogP contribution is 2.20. The van der Waals surface area contributed by atoms with Crippen molar-refractivity contribution in [1.29, 1.82) is 0 Å². The summed E-state index contributed by atoms with van der Waals surface area (Å²) in [5.74, 6) is 0.140. The van der Waals surface area contributed by atoms with Crippen LogP contribution >= 0.6 is 12.2 Å². The molecule has 9 heteroatoms. The van der Waals surface area contributed by atoms with Crippen molar-refractivity contribution in [2.75, 3.05) is 30.9 Å². The topological polar surface area (TPSA) is 105 Å². The highest BCUT2D eigenvalue weighted by Gasteiger charge is 2.24. The number of unbranched alkanes of at least 4 members (excludes halogenated alkanes) is 1. The highest BCUT2D eigenvalue weighted by molar-refractivity contribution is 7.80. The van der Waals surface area contributed by atoms with Crippen molar-refractivity contribution < 1.29 is 4.74 Å². The molecule has 1 heterocycles. The number of aromatic amines is 1. The maximum Gasteiger partial charge on any atom is 0.330 e. The molecule has 0 atom stereocenters. The van der Waals surface area contributed by atoms with Crippen LogP contribution in [-0.4, -0.2) is 41.0 Å². The van der Waals surface area contributed by atoms with Gasteiger partial charge < -0.3 is 20.7 Å². The van der Waals surface area contributed by atoms with Crippen LogP contribution < -0.4 is 27.2 Å². The minimum absolute atomic E-state index is 0.140. The Balaban J connectivity index is 2.35. The highest BCUT2D eigenvalue weighted by atomic mass is 32.1. The number of methoxy groups -OCH3 is 1. The Morgan fingerprint density at radius 3 is 2.70 bits per heavy atom. The summed E-state index contributed by atoms with van der Waals surface area (Å²) in [5, 5.41) is 3.81. The quantitative estimate of drug-likeness (QED) is 0.572. The lowest BCUT2D eigenvalue weighted by molar-refractivity contribution is 0.207. The first-order valence-electron chi connectivity index (χ1n) is 9.69. The van der Waals surface area contributed by atoms with Gasteiger partial charge in [-0.3, -0.25) is 14.3 Å². The van der Waals surface area contributed by atoms with Gasteiger partial charge in [-0.05, 0) is 31.5 Å². The predicted octanol–water partition coefficient (Wildman–Crippen LogP) is 1.58. The van der Waals surface area contributed by atoms with Crippen LogP contribution in [0.4, 0.5) is 11.5 Å². The normalized spacial score (nSPS) is 14.9. The lowest BCUT2D eigenvalue weighted by atomic mass is 9.96. The third-order valence-corrected chi connectivity index (χ3v) is 5.25. The molecule has 0 radical (unpaired) electrons. The molecule has 2 rings (SSSR count). The molecule has 0 spiro atoms. The molecule has 1 aromatic rings. The molecule has 1 aliphatic rings. The number of anilines is 2. The zero-order valence-electron chi connectivity index (χ0n) is 16.3. The molecule has 1 saturated carbocycles. The molecule has 0 amide bonds. The number of hydrogen-bond acceptors (Lipinski definition) is 5. The number of hydrogen-bond donors (Lipinski definition) is 3. The van der Waals surface area contributed by atoms with Gasteiger partial charge in [0.05, 0.1) is 6.61 Å². The van der Waals surface area contributed by atoms with E-state index in [9.17, 15) is 9.59 Å². The molecular weight excluding hydrogens is 366 g/mol. The fraction of sp³-hybridized carbons (Fsp3) is 0.722. The monoisotopic (exact) mass is 397 g/mol. The van der Waals surface area contributed by atoms with Crippen LogP contribution in [0, 0.1) is 0 Å². The Hall–Kier alpha value is -1.87. The Kier molecular flexibility index (Phi) is 8.30. The van der Waals surface area contributed by atoms with Crippen LogP contribution in [0.25, 0.3) is 0 Å².